The number of carboxylic acid groups (broad SMARTS) is 1. The third kappa shape index (κ3) is 4.45. The van der Waals surface area contributed by atoms with Crippen molar-refractivity contribution in [3.05, 3.63) is 87.9 Å². The second-order valence-electron chi connectivity index (χ2n) is 7.66. The van der Waals surface area contributed by atoms with Crippen LogP contribution in [-0.4, -0.2) is 22.8 Å². The predicted octanol–water partition coefficient (Wildman–Crippen LogP) is 6.01. The topological polar surface area (TPSA) is 66.8 Å². The van der Waals surface area contributed by atoms with E-state index in [9.17, 15) is 28.2 Å². The van der Waals surface area contributed by atoms with Gasteiger partial charge < -0.3 is 14.9 Å². The van der Waals surface area contributed by atoms with Crippen LogP contribution in [0, 0.1) is 5.92 Å². The molecule has 2 atom stereocenters. The molecule has 0 saturated heterocycles. The van der Waals surface area contributed by atoms with Crippen LogP contribution in [0.1, 0.15) is 33.2 Å². The average Bonchev–Trinajstić information content (AvgIpc) is 2.75. The molecule has 0 aliphatic carbocycles. The van der Waals surface area contributed by atoms with Crippen molar-refractivity contribution in [1.82, 2.24) is 0 Å². The Labute approximate surface area is 186 Å². The Balaban J connectivity index is 1.57. The van der Waals surface area contributed by atoms with Gasteiger partial charge in [-0.2, -0.15) is 13.2 Å². The zero-order chi connectivity index (χ0) is 23.0. The maximum Gasteiger partial charge on any atom is 0.416 e. The number of benzene rings is 3. The van der Waals surface area contributed by atoms with Crippen molar-refractivity contribution in [2.45, 2.75) is 18.7 Å². The fourth-order valence-corrected chi connectivity index (χ4v) is 4.03. The van der Waals surface area contributed by atoms with Crippen molar-refractivity contribution in [3.8, 4) is 16.9 Å². The number of carbonyl (C=O) groups is 1. The van der Waals surface area contributed by atoms with E-state index >= 15 is 0 Å². The van der Waals surface area contributed by atoms with Crippen LogP contribution in [0.5, 0.6) is 5.75 Å². The van der Waals surface area contributed by atoms with Crippen molar-refractivity contribution in [2.75, 3.05) is 6.61 Å². The zero-order valence-corrected chi connectivity index (χ0v) is 17.3. The number of carboxylic acids is 1. The van der Waals surface area contributed by atoms with Gasteiger partial charge in [0.25, 0.3) is 0 Å². The summed E-state index contributed by atoms with van der Waals surface area (Å²) in [5.74, 6) is -1.01. The van der Waals surface area contributed by atoms with Crippen molar-refractivity contribution < 1.29 is 32.9 Å². The molecule has 32 heavy (non-hydrogen) atoms. The molecule has 0 amide bonds. The van der Waals surface area contributed by atoms with E-state index in [-0.39, 0.29) is 18.1 Å². The quantitative estimate of drug-likeness (QED) is 0.498. The van der Waals surface area contributed by atoms with Crippen LogP contribution < -0.4 is 4.74 Å². The van der Waals surface area contributed by atoms with Crippen LogP contribution >= 0.6 is 11.6 Å². The number of fused-ring (bicyclic) bond motifs is 1. The van der Waals surface area contributed by atoms with Crippen molar-refractivity contribution in [1.29, 1.82) is 0 Å². The number of hydrogen-bond donors (Lipinski definition) is 2. The summed E-state index contributed by atoms with van der Waals surface area (Å²) in [5, 5.41) is 20.7. The van der Waals surface area contributed by atoms with Crippen LogP contribution in [0.15, 0.2) is 60.7 Å². The minimum absolute atomic E-state index is 0.0888. The number of aliphatic hydroxyl groups excluding tert-OH is 1. The minimum Gasteiger partial charge on any atom is -0.493 e. The molecular weight excluding hydrogens is 445 g/mol. The highest BCUT2D eigenvalue weighted by Crippen LogP contribution is 2.40. The van der Waals surface area contributed by atoms with E-state index in [0.717, 1.165) is 12.1 Å². The fraction of sp³-hybridized carbons (Fsp3) is 0.208. The summed E-state index contributed by atoms with van der Waals surface area (Å²) in [4.78, 5) is 11.6. The third-order valence-corrected chi connectivity index (χ3v) is 5.77. The van der Waals surface area contributed by atoms with Gasteiger partial charge in [0.1, 0.15) is 5.75 Å². The SMILES string of the molecule is O=C(O)c1ccc(Cl)cc1-c1ccc2c(c1)OC[C@H](Cc1ccc(C(F)(F)F)cc1)[C@H]2O. The number of alkyl halides is 3. The lowest BCUT2D eigenvalue weighted by atomic mass is 9.87. The Kier molecular flexibility index (Phi) is 5.88. The smallest absolute Gasteiger partial charge is 0.416 e. The second-order valence-corrected chi connectivity index (χ2v) is 8.10. The molecule has 1 heterocycles. The highest BCUT2D eigenvalue weighted by molar-refractivity contribution is 6.31. The standard InChI is InChI=1S/C24H18ClF3O4/c25-17-6-8-18(23(30)31)20(11-17)14-3-7-19-21(10-14)32-12-15(22(19)29)9-13-1-4-16(5-2-13)24(26,27)28/h1-8,10-11,15,22,29H,9,12H2,(H,30,31)/t15-,22+/m0/s1. The predicted molar refractivity (Wildman–Crippen MR) is 113 cm³/mol. The molecule has 4 rings (SSSR count). The first kappa shape index (κ1) is 22.2. The summed E-state index contributed by atoms with van der Waals surface area (Å²) < 4.78 is 44.1. The van der Waals surface area contributed by atoms with E-state index < -0.39 is 23.8 Å². The molecule has 0 fully saturated rings. The molecule has 1 aliphatic heterocycles. The number of rotatable bonds is 4. The van der Waals surface area contributed by atoms with E-state index in [2.05, 4.69) is 0 Å². The third-order valence-electron chi connectivity index (χ3n) is 5.53. The molecule has 0 aromatic heterocycles. The van der Waals surface area contributed by atoms with Gasteiger partial charge in [-0.3, -0.25) is 0 Å². The first-order valence-electron chi connectivity index (χ1n) is 9.77. The Hall–Kier alpha value is -3.03. The van der Waals surface area contributed by atoms with Gasteiger partial charge in [0, 0.05) is 16.5 Å². The van der Waals surface area contributed by atoms with Crippen LogP contribution in [-0.2, 0) is 12.6 Å². The lowest BCUT2D eigenvalue weighted by molar-refractivity contribution is -0.137. The van der Waals surface area contributed by atoms with E-state index in [0.29, 0.717) is 39.4 Å². The lowest BCUT2D eigenvalue weighted by Crippen LogP contribution is -2.27. The van der Waals surface area contributed by atoms with Gasteiger partial charge in [-0.15, -0.1) is 0 Å². The first-order valence-corrected chi connectivity index (χ1v) is 10.2. The van der Waals surface area contributed by atoms with Gasteiger partial charge in [-0.1, -0.05) is 35.9 Å². The van der Waals surface area contributed by atoms with Crippen molar-refractivity contribution in [2.24, 2.45) is 5.92 Å². The molecule has 8 heteroatoms. The number of halogens is 4. The van der Waals surface area contributed by atoms with E-state index in [1.54, 1.807) is 24.3 Å². The van der Waals surface area contributed by atoms with Gasteiger partial charge in [-0.25, -0.2) is 4.79 Å². The van der Waals surface area contributed by atoms with E-state index in [1.807, 2.05) is 0 Å². The van der Waals surface area contributed by atoms with Crippen LogP contribution in [0.2, 0.25) is 5.02 Å². The molecule has 1 aliphatic rings. The maximum absolute atomic E-state index is 12.8. The maximum atomic E-state index is 12.8. The summed E-state index contributed by atoms with van der Waals surface area (Å²) in [7, 11) is 0. The normalized spacial score (nSPS) is 18.0. The molecule has 2 N–H and O–H groups in total. The second kappa shape index (κ2) is 8.48. The monoisotopic (exact) mass is 462 g/mol. The van der Waals surface area contributed by atoms with Gasteiger partial charge in [0.05, 0.1) is 23.8 Å². The number of ether oxygens (including phenoxy) is 1. The van der Waals surface area contributed by atoms with Gasteiger partial charge in [0.15, 0.2) is 0 Å². The van der Waals surface area contributed by atoms with E-state index in [4.69, 9.17) is 16.3 Å². The molecule has 0 unspecified atom stereocenters. The number of hydrogen-bond acceptors (Lipinski definition) is 3. The fourth-order valence-electron chi connectivity index (χ4n) is 3.86. The Morgan fingerprint density at radius 2 is 1.78 bits per heavy atom. The van der Waals surface area contributed by atoms with Crippen molar-refractivity contribution in [3.63, 3.8) is 0 Å². The molecular formula is C24H18ClF3O4. The zero-order valence-electron chi connectivity index (χ0n) is 16.6. The highest BCUT2D eigenvalue weighted by atomic mass is 35.5. The molecule has 4 nitrogen and oxygen atoms in total. The molecule has 3 aromatic rings. The first-order chi connectivity index (χ1) is 15.1. The summed E-state index contributed by atoms with van der Waals surface area (Å²) in [6.07, 6.45) is -4.93. The van der Waals surface area contributed by atoms with Gasteiger partial charge in [0.2, 0.25) is 0 Å². The molecule has 0 saturated carbocycles. The van der Waals surface area contributed by atoms with E-state index in [1.165, 1.54) is 24.3 Å². The van der Waals surface area contributed by atoms with Crippen LogP contribution in [0.4, 0.5) is 13.2 Å². The van der Waals surface area contributed by atoms with Gasteiger partial charge >= 0.3 is 12.1 Å². The van der Waals surface area contributed by atoms with Crippen LogP contribution in [0.3, 0.4) is 0 Å². The summed E-state index contributed by atoms with van der Waals surface area (Å²) in [6, 6.07) is 14.3. The Morgan fingerprint density at radius 1 is 1.06 bits per heavy atom. The Morgan fingerprint density at radius 3 is 2.44 bits per heavy atom. The van der Waals surface area contributed by atoms with Crippen molar-refractivity contribution >= 4 is 17.6 Å². The molecule has 0 bridgehead atoms. The molecule has 3 aromatic carbocycles. The average molecular weight is 463 g/mol. The lowest BCUT2D eigenvalue weighted by Gasteiger charge is -2.31. The summed E-state index contributed by atoms with van der Waals surface area (Å²) in [5.41, 5.74) is 1.58. The number of aliphatic hydroxyl groups is 1. The molecule has 0 radical (unpaired) electrons. The summed E-state index contributed by atoms with van der Waals surface area (Å²) in [6.45, 7) is 0.167. The molecule has 0 spiro atoms. The number of aromatic carboxylic acids is 1. The minimum atomic E-state index is -4.40. The Bertz CT molecular complexity index is 1160. The molecule has 166 valence electrons. The largest absolute Gasteiger partial charge is 0.493 e. The highest BCUT2D eigenvalue weighted by Gasteiger charge is 2.32. The summed E-state index contributed by atoms with van der Waals surface area (Å²) >= 11 is 6.04. The van der Waals surface area contributed by atoms with Gasteiger partial charge in [-0.05, 0) is 59.5 Å². The van der Waals surface area contributed by atoms with Crippen LogP contribution in [0.25, 0.3) is 11.1 Å².